The molecule has 0 bridgehead atoms. The summed E-state index contributed by atoms with van der Waals surface area (Å²) in [5, 5.41) is 11.5. The fraction of sp³-hybridized carbons (Fsp3) is 0. The summed E-state index contributed by atoms with van der Waals surface area (Å²) in [6.45, 7) is 0. The quantitative estimate of drug-likeness (QED) is 0.395. The van der Waals surface area contributed by atoms with Crippen LogP contribution in [0.5, 0.6) is 11.5 Å². The van der Waals surface area contributed by atoms with Crippen LogP contribution in [0.3, 0.4) is 0 Å². The minimum atomic E-state index is -0.0624. The number of rotatable bonds is 3. The summed E-state index contributed by atoms with van der Waals surface area (Å²) < 4.78 is 6.51. The molecule has 0 amide bonds. The number of oxime groups is 1. The van der Waals surface area contributed by atoms with Gasteiger partial charge in [-0.05, 0) is 34.1 Å². The molecular formula is C12H10BrN3O2. The third-order valence-electron chi connectivity index (χ3n) is 2.17. The lowest BCUT2D eigenvalue weighted by molar-refractivity contribution is 0.318. The van der Waals surface area contributed by atoms with Gasteiger partial charge in [0.2, 0.25) is 0 Å². The van der Waals surface area contributed by atoms with E-state index in [9.17, 15) is 0 Å². The molecule has 0 aliphatic rings. The van der Waals surface area contributed by atoms with Crippen molar-refractivity contribution < 1.29 is 9.94 Å². The van der Waals surface area contributed by atoms with Crippen LogP contribution in [0.1, 0.15) is 5.69 Å². The first kappa shape index (κ1) is 12.4. The Hall–Kier alpha value is -2.08. The summed E-state index contributed by atoms with van der Waals surface area (Å²) in [4.78, 5) is 3.97. The zero-order valence-corrected chi connectivity index (χ0v) is 10.8. The minimum Gasteiger partial charge on any atom is -0.456 e. The zero-order chi connectivity index (χ0) is 13.0. The maximum absolute atomic E-state index is 8.59. The van der Waals surface area contributed by atoms with Gasteiger partial charge in [-0.15, -0.1) is 0 Å². The van der Waals surface area contributed by atoms with Crippen LogP contribution in [0.4, 0.5) is 0 Å². The van der Waals surface area contributed by atoms with Gasteiger partial charge in [0.1, 0.15) is 17.2 Å². The van der Waals surface area contributed by atoms with E-state index in [2.05, 4.69) is 26.1 Å². The van der Waals surface area contributed by atoms with E-state index >= 15 is 0 Å². The molecule has 0 saturated carbocycles. The van der Waals surface area contributed by atoms with Gasteiger partial charge in [-0.1, -0.05) is 17.3 Å². The summed E-state index contributed by atoms with van der Waals surface area (Å²) >= 11 is 3.39. The second-order valence-corrected chi connectivity index (χ2v) is 4.25. The average molecular weight is 308 g/mol. The van der Waals surface area contributed by atoms with Crippen LogP contribution in [0.2, 0.25) is 0 Å². The van der Waals surface area contributed by atoms with Crippen LogP contribution >= 0.6 is 15.9 Å². The molecule has 1 heterocycles. The molecule has 2 rings (SSSR count). The van der Waals surface area contributed by atoms with Gasteiger partial charge >= 0.3 is 0 Å². The monoisotopic (exact) mass is 307 g/mol. The van der Waals surface area contributed by atoms with E-state index in [1.54, 1.807) is 12.1 Å². The first-order valence-electron chi connectivity index (χ1n) is 5.07. The van der Waals surface area contributed by atoms with E-state index in [4.69, 9.17) is 15.7 Å². The highest BCUT2D eigenvalue weighted by Crippen LogP contribution is 2.29. The van der Waals surface area contributed by atoms with Gasteiger partial charge in [0.05, 0.1) is 4.47 Å². The molecule has 0 saturated heterocycles. The summed E-state index contributed by atoms with van der Waals surface area (Å²) in [6.07, 6.45) is 1.53. The molecule has 1 aromatic carbocycles. The van der Waals surface area contributed by atoms with Crippen LogP contribution in [0.15, 0.2) is 52.2 Å². The van der Waals surface area contributed by atoms with E-state index in [-0.39, 0.29) is 5.84 Å². The molecule has 0 atom stereocenters. The third-order valence-corrected chi connectivity index (χ3v) is 2.82. The Balaban J connectivity index is 2.28. The van der Waals surface area contributed by atoms with E-state index < -0.39 is 0 Å². The van der Waals surface area contributed by atoms with Gasteiger partial charge in [-0.2, -0.15) is 0 Å². The van der Waals surface area contributed by atoms with Crippen molar-refractivity contribution >= 4 is 21.8 Å². The number of pyridine rings is 1. The van der Waals surface area contributed by atoms with Crippen molar-refractivity contribution in [2.45, 2.75) is 0 Å². The number of ether oxygens (including phenoxy) is 1. The minimum absolute atomic E-state index is 0.0624. The van der Waals surface area contributed by atoms with Crippen molar-refractivity contribution in [2.75, 3.05) is 0 Å². The molecule has 0 radical (unpaired) electrons. The Morgan fingerprint density at radius 1 is 1.33 bits per heavy atom. The predicted octanol–water partition coefficient (Wildman–Crippen LogP) is 2.73. The fourth-order valence-corrected chi connectivity index (χ4v) is 1.69. The number of hydrogen-bond acceptors (Lipinski definition) is 4. The Morgan fingerprint density at radius 2 is 2.11 bits per heavy atom. The first-order chi connectivity index (χ1) is 8.70. The highest BCUT2D eigenvalue weighted by Gasteiger charge is 2.05. The molecule has 0 aliphatic carbocycles. The number of para-hydroxylation sites is 1. The normalized spacial score (nSPS) is 11.3. The molecule has 0 spiro atoms. The van der Waals surface area contributed by atoms with E-state index in [1.807, 2.05) is 24.3 Å². The molecular weight excluding hydrogens is 298 g/mol. The summed E-state index contributed by atoms with van der Waals surface area (Å²) in [5.74, 6) is 1.17. The lowest BCUT2D eigenvalue weighted by Crippen LogP contribution is -2.14. The second-order valence-electron chi connectivity index (χ2n) is 3.39. The Kier molecular flexibility index (Phi) is 3.78. The first-order valence-corrected chi connectivity index (χ1v) is 5.86. The van der Waals surface area contributed by atoms with Crippen LogP contribution in [0.25, 0.3) is 0 Å². The zero-order valence-electron chi connectivity index (χ0n) is 9.25. The van der Waals surface area contributed by atoms with Crippen molar-refractivity contribution in [1.29, 1.82) is 0 Å². The number of nitrogens with zero attached hydrogens (tertiary/aromatic N) is 2. The Labute approximate surface area is 112 Å². The summed E-state index contributed by atoms with van der Waals surface area (Å²) in [6, 6.07) is 10.7. The standard InChI is InChI=1S/C12H10BrN3O2/c13-9-3-1-2-4-11(9)18-8-5-6-15-10(7-8)12(14)16-17/h1-7,17H,(H2,14,16). The Morgan fingerprint density at radius 3 is 2.83 bits per heavy atom. The van der Waals surface area contributed by atoms with Crippen molar-refractivity contribution in [3.05, 3.63) is 52.8 Å². The van der Waals surface area contributed by atoms with Crippen LogP contribution in [0, 0.1) is 0 Å². The highest BCUT2D eigenvalue weighted by molar-refractivity contribution is 9.10. The SMILES string of the molecule is NC(=NO)c1cc(Oc2ccccc2Br)ccn1. The fourth-order valence-electron chi connectivity index (χ4n) is 1.32. The largest absolute Gasteiger partial charge is 0.456 e. The molecule has 3 N–H and O–H groups in total. The Bertz CT molecular complexity index is 587. The summed E-state index contributed by atoms with van der Waals surface area (Å²) in [5.41, 5.74) is 5.81. The number of nitrogens with two attached hydrogens (primary N) is 1. The number of halogens is 1. The van der Waals surface area contributed by atoms with Gasteiger partial charge < -0.3 is 15.7 Å². The van der Waals surface area contributed by atoms with Gasteiger partial charge in [-0.25, -0.2) is 0 Å². The van der Waals surface area contributed by atoms with Gasteiger partial charge in [0.25, 0.3) is 0 Å². The molecule has 0 aliphatic heterocycles. The van der Waals surface area contributed by atoms with E-state index in [1.165, 1.54) is 6.20 Å². The van der Waals surface area contributed by atoms with Gasteiger partial charge in [0, 0.05) is 12.3 Å². The maximum Gasteiger partial charge on any atom is 0.188 e. The molecule has 2 aromatic rings. The number of aromatic nitrogens is 1. The lowest BCUT2D eigenvalue weighted by atomic mass is 10.3. The van der Waals surface area contributed by atoms with Crippen LogP contribution in [-0.4, -0.2) is 16.0 Å². The molecule has 6 heteroatoms. The molecule has 0 unspecified atom stereocenters. The van der Waals surface area contributed by atoms with Crippen molar-refractivity contribution in [3.63, 3.8) is 0 Å². The topological polar surface area (TPSA) is 80.7 Å². The van der Waals surface area contributed by atoms with Crippen LogP contribution < -0.4 is 10.5 Å². The smallest absolute Gasteiger partial charge is 0.188 e. The van der Waals surface area contributed by atoms with E-state index in [0.717, 1.165) is 4.47 Å². The molecule has 18 heavy (non-hydrogen) atoms. The number of hydrogen-bond donors (Lipinski definition) is 2. The van der Waals surface area contributed by atoms with Gasteiger partial charge in [-0.3, -0.25) is 4.98 Å². The van der Waals surface area contributed by atoms with Crippen molar-refractivity contribution in [3.8, 4) is 11.5 Å². The van der Waals surface area contributed by atoms with E-state index in [0.29, 0.717) is 17.2 Å². The lowest BCUT2D eigenvalue weighted by Gasteiger charge is -2.08. The molecule has 0 fully saturated rings. The molecule has 1 aromatic heterocycles. The van der Waals surface area contributed by atoms with Crippen LogP contribution in [-0.2, 0) is 0 Å². The van der Waals surface area contributed by atoms with Crippen molar-refractivity contribution in [1.82, 2.24) is 4.98 Å². The molecule has 5 nitrogen and oxygen atoms in total. The average Bonchev–Trinajstić information content (AvgIpc) is 2.41. The third kappa shape index (κ3) is 2.78. The molecule has 92 valence electrons. The number of amidine groups is 1. The maximum atomic E-state index is 8.59. The second kappa shape index (κ2) is 5.50. The summed E-state index contributed by atoms with van der Waals surface area (Å²) in [7, 11) is 0. The highest BCUT2D eigenvalue weighted by atomic mass is 79.9. The van der Waals surface area contributed by atoms with Crippen molar-refractivity contribution in [2.24, 2.45) is 10.9 Å². The predicted molar refractivity (Wildman–Crippen MR) is 71.0 cm³/mol. The number of benzene rings is 1. The van der Waals surface area contributed by atoms with Gasteiger partial charge in [0.15, 0.2) is 5.84 Å².